The van der Waals surface area contributed by atoms with Gasteiger partial charge in [0.25, 0.3) is 0 Å². The number of nitrogens with one attached hydrogen (secondary N) is 1. The molecule has 2 aromatic rings. The Hall–Kier alpha value is -2.85. The van der Waals surface area contributed by atoms with Crippen LogP contribution >= 0.6 is 0 Å². The monoisotopic (exact) mass is 363 g/mol. The molecule has 7 nitrogen and oxygen atoms in total. The zero-order valence-corrected chi connectivity index (χ0v) is 12.8. The van der Waals surface area contributed by atoms with Crippen molar-refractivity contribution in [2.24, 2.45) is 0 Å². The van der Waals surface area contributed by atoms with E-state index in [1.54, 1.807) is 0 Å². The molecule has 11 heteroatoms. The number of benzene rings is 1. The van der Waals surface area contributed by atoms with E-state index in [-0.39, 0.29) is 18.0 Å². The molecular weight excluding hydrogens is 350 g/mol. The van der Waals surface area contributed by atoms with Crippen LogP contribution in [-0.4, -0.2) is 39.9 Å². The first kappa shape index (κ1) is 18.5. The highest BCUT2D eigenvalue weighted by atomic mass is 19.3. The molecular formula is C14H13F4N3O4. The molecule has 25 heavy (non-hydrogen) atoms. The lowest BCUT2D eigenvalue weighted by Gasteiger charge is -2.15. The number of carbonyl (C=O) groups is 1. The second-order valence-electron chi connectivity index (χ2n) is 4.84. The number of hydrogen-bond acceptors (Lipinski definition) is 5. The number of aromatic amines is 1. The fourth-order valence-electron chi connectivity index (χ4n) is 1.61. The van der Waals surface area contributed by atoms with Gasteiger partial charge in [-0.2, -0.15) is 8.78 Å². The van der Waals surface area contributed by atoms with Crippen molar-refractivity contribution >= 4 is 5.97 Å². The molecule has 0 saturated carbocycles. The van der Waals surface area contributed by atoms with Crippen LogP contribution in [0.4, 0.5) is 17.6 Å². The maximum absolute atomic E-state index is 12.8. The third kappa shape index (κ3) is 4.58. The van der Waals surface area contributed by atoms with Crippen molar-refractivity contribution in [2.45, 2.75) is 25.7 Å². The molecule has 0 amide bonds. The summed E-state index contributed by atoms with van der Waals surface area (Å²) < 4.78 is 54.3. The Morgan fingerprint density at radius 1 is 1.32 bits per heavy atom. The molecule has 0 aliphatic rings. The van der Waals surface area contributed by atoms with Gasteiger partial charge in [-0.15, -0.1) is 5.10 Å². The molecule has 1 N–H and O–H groups in total. The molecule has 1 aromatic carbocycles. The number of H-pyrrole nitrogens is 1. The summed E-state index contributed by atoms with van der Waals surface area (Å²) in [6.45, 7) is 0.0691. The lowest BCUT2D eigenvalue weighted by atomic mass is 10.2. The zero-order chi connectivity index (χ0) is 18.6. The first-order chi connectivity index (χ1) is 11.7. The Morgan fingerprint density at radius 3 is 2.52 bits per heavy atom. The van der Waals surface area contributed by atoms with E-state index in [1.165, 1.54) is 31.2 Å². The maximum atomic E-state index is 12.8. The molecule has 1 aromatic heterocycles. The van der Waals surface area contributed by atoms with E-state index in [4.69, 9.17) is 0 Å². The van der Waals surface area contributed by atoms with Crippen LogP contribution in [0.15, 0.2) is 29.1 Å². The lowest BCUT2D eigenvalue weighted by molar-refractivity contribution is -0.148. The van der Waals surface area contributed by atoms with Crippen LogP contribution < -0.4 is 15.3 Å². The molecule has 0 aliphatic carbocycles. The Kier molecular flexibility index (Phi) is 5.45. The fourth-order valence-corrected chi connectivity index (χ4v) is 1.61. The summed E-state index contributed by atoms with van der Waals surface area (Å²) in [6, 6.07) is 5.21. The minimum atomic E-state index is -4.26. The van der Waals surface area contributed by atoms with E-state index in [2.05, 4.69) is 19.7 Å². The molecule has 0 unspecified atom stereocenters. The van der Waals surface area contributed by atoms with Gasteiger partial charge >= 0.3 is 24.0 Å². The van der Waals surface area contributed by atoms with Crippen molar-refractivity contribution in [1.82, 2.24) is 14.9 Å². The predicted octanol–water partition coefficient (Wildman–Crippen LogP) is 1.88. The van der Waals surface area contributed by atoms with Crippen LogP contribution in [0.25, 0.3) is 11.4 Å². The summed E-state index contributed by atoms with van der Waals surface area (Å²) in [4.78, 5) is 30.2. The maximum Gasteiger partial charge on any atom is 0.378 e. The van der Waals surface area contributed by atoms with Gasteiger partial charge in [-0.1, -0.05) is 6.92 Å². The van der Waals surface area contributed by atoms with Gasteiger partial charge in [-0.3, -0.25) is 4.98 Å². The minimum Gasteiger partial charge on any atom is -0.487 e. The highest BCUT2D eigenvalue weighted by molar-refractivity contribution is 5.69. The van der Waals surface area contributed by atoms with Crippen LogP contribution in [0.3, 0.4) is 0 Å². The Labute approximate surface area is 138 Å². The molecule has 1 heterocycles. The number of nitrogens with zero attached hydrogens (tertiary/aromatic N) is 2. The number of halogens is 4. The number of aromatic nitrogens is 3. The summed E-state index contributed by atoms with van der Waals surface area (Å²) in [6.07, 6.45) is -3.78. The van der Waals surface area contributed by atoms with Gasteiger partial charge in [0.15, 0.2) is 12.4 Å². The summed E-state index contributed by atoms with van der Waals surface area (Å²) >= 11 is 0. The van der Waals surface area contributed by atoms with Crippen LogP contribution in [0.5, 0.6) is 5.75 Å². The first-order valence-electron chi connectivity index (χ1n) is 7.02. The average Bonchev–Trinajstić information content (AvgIpc) is 2.94. The van der Waals surface area contributed by atoms with Gasteiger partial charge in [-0.05, 0) is 29.1 Å². The number of alkyl halides is 4. The van der Waals surface area contributed by atoms with Crippen LogP contribution in [-0.2, 0) is 4.79 Å². The largest absolute Gasteiger partial charge is 0.487 e. The van der Waals surface area contributed by atoms with E-state index >= 15 is 0 Å². The van der Waals surface area contributed by atoms with Gasteiger partial charge in [-0.25, -0.2) is 18.4 Å². The predicted molar refractivity (Wildman–Crippen MR) is 76.6 cm³/mol. The fraction of sp³-hybridized carbons (Fsp3) is 0.357. The summed E-state index contributed by atoms with van der Waals surface area (Å²) in [5, 5.41) is 3.75. The van der Waals surface area contributed by atoms with Crippen molar-refractivity contribution in [3.8, 4) is 17.1 Å². The molecule has 0 spiro atoms. The van der Waals surface area contributed by atoms with Crippen molar-refractivity contribution in [3.63, 3.8) is 0 Å². The number of carbonyl (C=O) groups excluding carboxylic acids is 1. The van der Waals surface area contributed by atoms with Gasteiger partial charge in [0.1, 0.15) is 5.75 Å². The van der Waals surface area contributed by atoms with E-state index in [1.807, 2.05) is 0 Å². The zero-order valence-electron chi connectivity index (χ0n) is 12.8. The molecule has 2 rings (SSSR count). The SMILES string of the molecule is CCC(=O)On1nc(-c2ccc(OCC(F)(F)C(F)F)cc2)[nH]c1=O. The number of ether oxygens (including phenoxy) is 1. The molecule has 0 radical (unpaired) electrons. The van der Waals surface area contributed by atoms with Gasteiger partial charge in [0, 0.05) is 12.0 Å². The second kappa shape index (κ2) is 7.36. The third-order valence-corrected chi connectivity index (χ3v) is 2.95. The van der Waals surface area contributed by atoms with E-state index in [0.717, 1.165) is 0 Å². The van der Waals surface area contributed by atoms with Gasteiger partial charge in [0.05, 0.1) is 0 Å². The number of hydrogen-bond donors (Lipinski definition) is 1. The highest BCUT2D eigenvalue weighted by Crippen LogP contribution is 2.25. The lowest BCUT2D eigenvalue weighted by Crippen LogP contribution is -2.33. The smallest absolute Gasteiger partial charge is 0.378 e. The quantitative estimate of drug-likeness (QED) is 0.759. The molecule has 136 valence electrons. The van der Waals surface area contributed by atoms with Gasteiger partial charge < -0.3 is 9.57 Å². The van der Waals surface area contributed by atoms with Crippen molar-refractivity contribution in [3.05, 3.63) is 34.7 Å². The molecule has 0 fully saturated rings. The first-order valence-corrected chi connectivity index (χ1v) is 7.02. The molecule has 0 aliphatic heterocycles. The average molecular weight is 363 g/mol. The van der Waals surface area contributed by atoms with E-state index in [0.29, 0.717) is 10.4 Å². The second-order valence-corrected chi connectivity index (χ2v) is 4.84. The van der Waals surface area contributed by atoms with Crippen molar-refractivity contribution in [1.29, 1.82) is 0 Å². The number of rotatable bonds is 7. The van der Waals surface area contributed by atoms with E-state index in [9.17, 15) is 27.2 Å². The Balaban J connectivity index is 2.09. The standard InChI is InChI=1S/C14H13F4N3O4/c1-2-10(22)25-21-13(23)19-11(20-21)8-3-5-9(6-4-8)24-7-14(17,18)12(15)16/h3-6,12H,2,7H2,1H3,(H,19,20,23). The Bertz CT molecular complexity index is 786. The van der Waals surface area contributed by atoms with Crippen LogP contribution in [0.2, 0.25) is 0 Å². The highest BCUT2D eigenvalue weighted by Gasteiger charge is 2.41. The third-order valence-electron chi connectivity index (χ3n) is 2.95. The molecule has 0 saturated heterocycles. The van der Waals surface area contributed by atoms with Gasteiger partial charge in [0.2, 0.25) is 0 Å². The summed E-state index contributed by atoms with van der Waals surface area (Å²) in [5.41, 5.74) is -0.426. The molecule has 0 atom stereocenters. The van der Waals surface area contributed by atoms with Crippen molar-refractivity contribution < 1.29 is 31.9 Å². The summed E-state index contributed by atoms with van der Waals surface area (Å²) in [5.74, 6) is -4.93. The van der Waals surface area contributed by atoms with E-state index < -0.39 is 30.6 Å². The topological polar surface area (TPSA) is 86.2 Å². The Morgan fingerprint density at radius 2 is 1.96 bits per heavy atom. The molecule has 0 bridgehead atoms. The minimum absolute atomic E-state index is 0.0456. The summed E-state index contributed by atoms with van der Waals surface area (Å²) in [7, 11) is 0. The van der Waals surface area contributed by atoms with Crippen LogP contribution in [0.1, 0.15) is 13.3 Å². The van der Waals surface area contributed by atoms with Crippen LogP contribution in [0, 0.1) is 0 Å². The normalized spacial score (nSPS) is 11.6. The van der Waals surface area contributed by atoms with Crippen molar-refractivity contribution in [2.75, 3.05) is 6.61 Å².